The van der Waals surface area contributed by atoms with E-state index >= 15 is 0 Å². The molecule has 0 aliphatic carbocycles. The monoisotopic (exact) mass is 254 g/mol. The Morgan fingerprint density at radius 1 is 1.27 bits per heavy atom. The van der Waals surface area contributed by atoms with E-state index in [1.807, 2.05) is 24.3 Å². The zero-order valence-corrected chi connectivity index (χ0v) is 7.87. The lowest BCUT2D eigenvalue weighted by molar-refractivity contribution is 1.35. The lowest BCUT2D eigenvalue weighted by Gasteiger charge is -1.94. The van der Waals surface area contributed by atoms with Crippen LogP contribution in [-0.4, -0.2) is 4.98 Å². The maximum absolute atomic E-state index is 4.34. The highest BCUT2D eigenvalue weighted by molar-refractivity contribution is 14.1. The number of pyridine rings is 1. The quantitative estimate of drug-likeness (QED) is 0.520. The van der Waals surface area contributed by atoms with Crippen LogP contribution < -0.4 is 0 Å². The second kappa shape index (κ2) is 2.77. The fourth-order valence-corrected chi connectivity index (χ4v) is 1.42. The smallest absolute Gasteiger partial charge is 0.102 e. The van der Waals surface area contributed by atoms with Gasteiger partial charge in [-0.05, 0) is 46.9 Å². The molecule has 2 heteroatoms. The first-order valence-electron chi connectivity index (χ1n) is 3.28. The van der Waals surface area contributed by atoms with Gasteiger partial charge in [0.1, 0.15) is 3.70 Å². The van der Waals surface area contributed by atoms with Gasteiger partial charge in [0.05, 0.1) is 5.52 Å². The predicted molar refractivity (Wildman–Crippen MR) is 53.3 cm³/mol. The van der Waals surface area contributed by atoms with E-state index in [2.05, 4.69) is 39.7 Å². The molecular formula is C9H5IN. The van der Waals surface area contributed by atoms with Crippen molar-refractivity contribution in [2.75, 3.05) is 0 Å². The van der Waals surface area contributed by atoms with Crippen molar-refractivity contribution in [1.29, 1.82) is 0 Å². The lowest BCUT2D eigenvalue weighted by atomic mass is 10.2. The number of aromatic nitrogens is 1. The first-order valence-corrected chi connectivity index (χ1v) is 4.36. The normalized spacial score (nSPS) is 10.3. The lowest BCUT2D eigenvalue weighted by Crippen LogP contribution is -1.80. The topological polar surface area (TPSA) is 12.9 Å². The van der Waals surface area contributed by atoms with E-state index in [1.165, 1.54) is 0 Å². The van der Waals surface area contributed by atoms with Crippen molar-refractivity contribution in [3.63, 3.8) is 0 Å². The molecule has 1 heterocycles. The Kier molecular flexibility index (Phi) is 1.77. The third-order valence-electron chi connectivity index (χ3n) is 1.50. The summed E-state index contributed by atoms with van der Waals surface area (Å²) >= 11 is 2.21. The fourth-order valence-electron chi connectivity index (χ4n) is 0.981. The summed E-state index contributed by atoms with van der Waals surface area (Å²) in [7, 11) is 0. The van der Waals surface area contributed by atoms with Crippen LogP contribution in [0.15, 0.2) is 30.3 Å². The van der Waals surface area contributed by atoms with Crippen LogP contribution in [0, 0.1) is 9.77 Å². The van der Waals surface area contributed by atoms with Crippen LogP contribution >= 0.6 is 22.6 Å². The molecule has 11 heavy (non-hydrogen) atoms. The van der Waals surface area contributed by atoms with Gasteiger partial charge in [0.2, 0.25) is 0 Å². The average molecular weight is 254 g/mol. The summed E-state index contributed by atoms with van der Waals surface area (Å²) < 4.78 is 1.03. The van der Waals surface area contributed by atoms with Gasteiger partial charge in [0.15, 0.2) is 0 Å². The van der Waals surface area contributed by atoms with Crippen molar-refractivity contribution in [1.82, 2.24) is 4.98 Å². The maximum atomic E-state index is 4.34. The highest BCUT2D eigenvalue weighted by Gasteiger charge is 1.92. The molecule has 0 aliphatic heterocycles. The second-order valence-electron chi connectivity index (χ2n) is 2.25. The molecule has 0 saturated heterocycles. The van der Waals surface area contributed by atoms with Gasteiger partial charge in [-0.3, -0.25) is 0 Å². The third kappa shape index (κ3) is 1.35. The molecule has 2 aromatic rings. The summed E-state index contributed by atoms with van der Waals surface area (Å²) in [4.78, 5) is 4.34. The Balaban J connectivity index is 2.83. The summed E-state index contributed by atoms with van der Waals surface area (Å²) in [6.45, 7) is 0. The predicted octanol–water partition coefficient (Wildman–Crippen LogP) is 2.64. The van der Waals surface area contributed by atoms with Crippen LogP contribution in [0.3, 0.4) is 0 Å². The summed E-state index contributed by atoms with van der Waals surface area (Å²) in [6, 6.07) is 12.9. The highest BCUT2D eigenvalue weighted by atomic mass is 127. The average Bonchev–Trinajstić information content (AvgIpc) is 2.04. The molecule has 0 fully saturated rings. The van der Waals surface area contributed by atoms with Crippen molar-refractivity contribution < 1.29 is 0 Å². The summed E-state index contributed by atoms with van der Waals surface area (Å²) in [6.07, 6.45) is 0. The Morgan fingerprint density at radius 3 is 3.09 bits per heavy atom. The maximum Gasteiger partial charge on any atom is 0.102 e. The minimum Gasteiger partial charge on any atom is -0.242 e. The Morgan fingerprint density at radius 2 is 2.18 bits per heavy atom. The Labute approximate surface area is 78.6 Å². The summed E-state index contributed by atoms with van der Waals surface area (Å²) in [5.74, 6) is 0. The standard InChI is InChI=1S/C9H5IN/c10-9-6-5-7-3-1-2-4-8(7)11-9/h2-6H. The third-order valence-corrected chi connectivity index (χ3v) is 2.10. The van der Waals surface area contributed by atoms with E-state index in [1.54, 1.807) is 0 Å². The van der Waals surface area contributed by atoms with E-state index in [0.29, 0.717) is 0 Å². The van der Waals surface area contributed by atoms with Gasteiger partial charge < -0.3 is 0 Å². The largest absolute Gasteiger partial charge is 0.242 e. The van der Waals surface area contributed by atoms with Gasteiger partial charge in [-0.15, -0.1) is 0 Å². The molecule has 0 saturated carbocycles. The molecule has 1 aromatic heterocycles. The first kappa shape index (κ1) is 7.03. The number of hydrogen-bond acceptors (Lipinski definition) is 1. The molecule has 1 nitrogen and oxygen atoms in total. The molecule has 0 aliphatic rings. The van der Waals surface area contributed by atoms with Crippen molar-refractivity contribution in [3.8, 4) is 0 Å². The molecule has 1 aromatic carbocycles. The van der Waals surface area contributed by atoms with Gasteiger partial charge in [0, 0.05) is 5.39 Å². The molecule has 2 rings (SSSR count). The molecule has 0 atom stereocenters. The van der Waals surface area contributed by atoms with Crippen molar-refractivity contribution in [2.45, 2.75) is 0 Å². The van der Waals surface area contributed by atoms with E-state index in [9.17, 15) is 0 Å². The Hall–Kier alpha value is -0.640. The minimum absolute atomic E-state index is 1.03. The van der Waals surface area contributed by atoms with Gasteiger partial charge in [-0.1, -0.05) is 12.1 Å². The van der Waals surface area contributed by atoms with Gasteiger partial charge in [0.25, 0.3) is 0 Å². The van der Waals surface area contributed by atoms with Gasteiger partial charge in [-0.2, -0.15) is 0 Å². The van der Waals surface area contributed by atoms with Crippen LogP contribution in [0.5, 0.6) is 0 Å². The molecule has 1 radical (unpaired) electrons. The van der Waals surface area contributed by atoms with E-state index in [4.69, 9.17) is 0 Å². The van der Waals surface area contributed by atoms with Crippen molar-refractivity contribution in [2.24, 2.45) is 0 Å². The van der Waals surface area contributed by atoms with E-state index < -0.39 is 0 Å². The molecule has 0 N–H and O–H groups in total. The SMILES string of the molecule is Ic1ccc2c[c]ccc2n1. The van der Waals surface area contributed by atoms with Crippen molar-refractivity contribution in [3.05, 3.63) is 40.1 Å². The van der Waals surface area contributed by atoms with Crippen LogP contribution in [0.4, 0.5) is 0 Å². The van der Waals surface area contributed by atoms with Crippen LogP contribution in [0.2, 0.25) is 0 Å². The first-order chi connectivity index (χ1) is 5.36. The zero-order valence-electron chi connectivity index (χ0n) is 5.71. The summed E-state index contributed by atoms with van der Waals surface area (Å²) in [5, 5.41) is 1.15. The zero-order chi connectivity index (χ0) is 7.68. The van der Waals surface area contributed by atoms with Crippen molar-refractivity contribution >= 4 is 33.5 Å². The molecular weight excluding hydrogens is 249 g/mol. The number of fused-ring (bicyclic) bond motifs is 1. The molecule has 0 spiro atoms. The minimum atomic E-state index is 1.03. The fraction of sp³-hybridized carbons (Fsp3) is 0. The molecule has 0 unspecified atom stereocenters. The Bertz CT molecular complexity index is 384. The van der Waals surface area contributed by atoms with E-state index in [-0.39, 0.29) is 0 Å². The van der Waals surface area contributed by atoms with Crippen LogP contribution in [-0.2, 0) is 0 Å². The molecule has 0 amide bonds. The number of hydrogen-bond donors (Lipinski definition) is 0. The number of nitrogens with zero attached hydrogens (tertiary/aromatic N) is 1. The molecule has 53 valence electrons. The number of halogens is 1. The number of benzene rings is 1. The van der Waals surface area contributed by atoms with Gasteiger partial charge in [-0.25, -0.2) is 4.98 Å². The van der Waals surface area contributed by atoms with Crippen LogP contribution in [0.25, 0.3) is 10.9 Å². The highest BCUT2D eigenvalue weighted by Crippen LogP contribution is 2.11. The molecule has 0 bridgehead atoms. The van der Waals surface area contributed by atoms with E-state index in [0.717, 1.165) is 14.6 Å². The summed E-state index contributed by atoms with van der Waals surface area (Å²) in [5.41, 5.74) is 1.04. The number of rotatable bonds is 0. The van der Waals surface area contributed by atoms with Crippen LogP contribution in [0.1, 0.15) is 0 Å². The second-order valence-corrected chi connectivity index (χ2v) is 3.36. The van der Waals surface area contributed by atoms with Gasteiger partial charge >= 0.3 is 0 Å².